The first-order valence-electron chi connectivity index (χ1n) is 7.19. The Morgan fingerprint density at radius 2 is 1.41 bits per heavy atom. The average molecular weight is 296 g/mol. The summed E-state index contributed by atoms with van der Waals surface area (Å²) in [7, 11) is 0. The highest BCUT2D eigenvalue weighted by molar-refractivity contribution is 5.93. The molecule has 1 N–H and O–H groups in total. The number of rotatable bonds is 7. The van der Waals surface area contributed by atoms with Gasteiger partial charge < -0.3 is 5.11 Å². The van der Waals surface area contributed by atoms with Crippen LogP contribution < -0.4 is 5.32 Å². The van der Waals surface area contributed by atoms with Crippen molar-refractivity contribution in [3.63, 3.8) is 0 Å². The van der Waals surface area contributed by atoms with E-state index in [0.29, 0.717) is 13.0 Å². The van der Waals surface area contributed by atoms with E-state index in [1.807, 2.05) is 36.4 Å². The Balaban J connectivity index is 2.03. The molecule has 0 fully saturated rings. The van der Waals surface area contributed by atoms with E-state index >= 15 is 0 Å². The Labute approximate surface area is 129 Å². The van der Waals surface area contributed by atoms with Gasteiger partial charge in [0.05, 0.1) is 0 Å². The smallest absolute Gasteiger partial charge is 0.312 e. The van der Waals surface area contributed by atoms with Crippen LogP contribution in [0.3, 0.4) is 0 Å². The molecule has 0 saturated heterocycles. The number of carboxylic acids is 1. The van der Waals surface area contributed by atoms with Gasteiger partial charge in [-0.25, -0.2) is 0 Å². The lowest BCUT2D eigenvalue weighted by molar-refractivity contribution is -0.140. The summed E-state index contributed by atoms with van der Waals surface area (Å²) in [6.07, 6.45) is 0.126. The lowest BCUT2D eigenvalue weighted by Gasteiger charge is -2.17. The Kier molecular flexibility index (Phi) is 5.72. The molecule has 4 nitrogen and oxygen atoms in total. The first-order valence-corrected chi connectivity index (χ1v) is 7.19. The van der Waals surface area contributed by atoms with Gasteiger partial charge in [-0.1, -0.05) is 60.7 Å². The van der Waals surface area contributed by atoms with Crippen molar-refractivity contribution in [2.24, 2.45) is 0 Å². The molecule has 0 atom stereocenters. The maximum absolute atomic E-state index is 11.4. The summed E-state index contributed by atoms with van der Waals surface area (Å²) >= 11 is 0. The van der Waals surface area contributed by atoms with Crippen molar-refractivity contribution in [1.82, 2.24) is 5.32 Å². The molecule has 2 aromatic rings. The Bertz CT molecular complexity index is 571. The number of aliphatic carboxylic acids is 1. The molecule has 0 aliphatic heterocycles. The molecule has 4 heteroatoms. The highest BCUT2D eigenvalue weighted by atomic mass is 16.4. The van der Waals surface area contributed by atoms with E-state index in [9.17, 15) is 9.59 Å². The van der Waals surface area contributed by atoms with Crippen LogP contribution in [0.15, 0.2) is 60.7 Å². The molecule has 113 valence electrons. The van der Waals surface area contributed by atoms with Crippen molar-refractivity contribution in [3.05, 3.63) is 71.8 Å². The van der Waals surface area contributed by atoms with Gasteiger partial charge in [0.2, 0.25) is 0 Å². The number of benzene rings is 2. The van der Waals surface area contributed by atoms with Gasteiger partial charge in [-0.15, -0.1) is 0 Å². The summed E-state index contributed by atoms with van der Waals surface area (Å²) in [6, 6.07) is 20.1. The lowest BCUT2D eigenvalue weighted by Crippen LogP contribution is -2.21. The lowest BCUT2D eigenvalue weighted by atomic mass is 9.88. The minimum Gasteiger partial charge on any atom is -0.481 e. The molecule has 22 heavy (non-hydrogen) atoms. The molecule has 0 aliphatic carbocycles. The van der Waals surface area contributed by atoms with Gasteiger partial charge in [0.25, 0.3) is 5.91 Å². The molecule has 0 unspecified atom stereocenters. The van der Waals surface area contributed by atoms with Crippen molar-refractivity contribution in [1.29, 1.82) is 0 Å². The first-order chi connectivity index (χ1) is 10.7. The Morgan fingerprint density at radius 3 is 1.86 bits per heavy atom. The zero-order chi connectivity index (χ0) is 15.8. The van der Waals surface area contributed by atoms with Crippen LogP contribution in [0.1, 0.15) is 29.9 Å². The van der Waals surface area contributed by atoms with Crippen molar-refractivity contribution in [3.8, 4) is 0 Å². The van der Waals surface area contributed by atoms with E-state index in [4.69, 9.17) is 5.11 Å². The van der Waals surface area contributed by atoms with Crippen LogP contribution in [-0.2, 0) is 9.59 Å². The third-order valence-corrected chi connectivity index (χ3v) is 3.41. The monoisotopic (exact) mass is 296 g/mol. The van der Waals surface area contributed by atoms with Crippen molar-refractivity contribution < 1.29 is 14.7 Å². The van der Waals surface area contributed by atoms with Crippen LogP contribution in [0.5, 0.6) is 0 Å². The quantitative estimate of drug-likeness (QED) is 0.799. The molecule has 1 amide bonds. The summed E-state index contributed by atoms with van der Waals surface area (Å²) in [5.41, 5.74) is 2.32. The summed E-state index contributed by atoms with van der Waals surface area (Å²) < 4.78 is 0. The van der Waals surface area contributed by atoms with Gasteiger partial charge in [-0.2, -0.15) is 0 Å². The number of hydrogen-bond acceptors (Lipinski definition) is 2. The number of carboxylic acid groups (broad SMARTS) is 1. The molecular formula is C18H18NO3. The van der Waals surface area contributed by atoms with Gasteiger partial charge in [0.15, 0.2) is 0 Å². The molecule has 2 aromatic carbocycles. The van der Waals surface area contributed by atoms with Crippen LogP contribution in [0.25, 0.3) is 0 Å². The molecule has 0 heterocycles. The summed E-state index contributed by atoms with van der Waals surface area (Å²) in [4.78, 5) is 21.8. The average Bonchev–Trinajstić information content (AvgIpc) is 2.52. The zero-order valence-electron chi connectivity index (χ0n) is 12.2. The maximum Gasteiger partial charge on any atom is 0.312 e. The van der Waals surface area contributed by atoms with Crippen molar-refractivity contribution in [2.45, 2.75) is 18.8 Å². The van der Waals surface area contributed by atoms with Crippen LogP contribution in [0, 0.1) is 0 Å². The number of hydrogen-bond donors (Lipinski definition) is 1. The minimum absolute atomic E-state index is 0.142. The van der Waals surface area contributed by atoms with Crippen LogP contribution in [0.2, 0.25) is 0 Å². The zero-order valence-corrected chi connectivity index (χ0v) is 12.2. The molecule has 0 bridgehead atoms. The molecule has 1 radical (unpaired) electrons. The highest BCUT2D eigenvalue weighted by Crippen LogP contribution is 2.27. The summed E-state index contributed by atoms with van der Waals surface area (Å²) in [5, 5.41) is 12.4. The molecule has 2 rings (SSSR count). The first kappa shape index (κ1) is 15.8. The van der Waals surface area contributed by atoms with Crippen LogP contribution in [-0.4, -0.2) is 23.5 Å². The van der Waals surface area contributed by atoms with E-state index in [-0.39, 0.29) is 5.92 Å². The number of carbonyl (C=O) groups is 2. The predicted octanol–water partition coefficient (Wildman–Crippen LogP) is 2.81. The Hall–Kier alpha value is -2.62. The van der Waals surface area contributed by atoms with E-state index in [0.717, 1.165) is 11.1 Å². The highest BCUT2D eigenvalue weighted by Gasteiger charge is 2.15. The number of carbonyl (C=O) groups excluding carboxylic acids is 1. The predicted molar refractivity (Wildman–Crippen MR) is 83.6 cm³/mol. The molecule has 0 saturated carbocycles. The van der Waals surface area contributed by atoms with Gasteiger partial charge in [0, 0.05) is 12.5 Å². The van der Waals surface area contributed by atoms with Crippen LogP contribution in [0.4, 0.5) is 0 Å². The van der Waals surface area contributed by atoms with E-state index in [2.05, 4.69) is 29.6 Å². The summed E-state index contributed by atoms with van der Waals surface area (Å²) in [5.74, 6) is -1.58. The summed E-state index contributed by atoms with van der Waals surface area (Å²) in [6.45, 7) is 0.320. The van der Waals surface area contributed by atoms with Gasteiger partial charge >= 0.3 is 5.97 Å². The fourth-order valence-corrected chi connectivity index (χ4v) is 2.40. The molecule has 0 aliphatic rings. The second-order valence-electron chi connectivity index (χ2n) is 5.01. The fourth-order valence-electron chi connectivity index (χ4n) is 2.40. The molecule has 0 aromatic heterocycles. The third-order valence-electron chi connectivity index (χ3n) is 3.41. The van der Waals surface area contributed by atoms with Gasteiger partial charge in [-0.3, -0.25) is 14.9 Å². The Morgan fingerprint density at radius 1 is 0.909 bits per heavy atom. The normalized spacial score (nSPS) is 10.4. The number of amides is 1. The minimum atomic E-state index is -1.14. The number of nitrogens with zero attached hydrogens (tertiary/aromatic N) is 1. The maximum atomic E-state index is 11.4. The second kappa shape index (κ2) is 7.98. The van der Waals surface area contributed by atoms with E-state index in [1.54, 1.807) is 0 Å². The molecular weight excluding hydrogens is 278 g/mol. The second-order valence-corrected chi connectivity index (χ2v) is 5.01. The van der Waals surface area contributed by atoms with Crippen molar-refractivity contribution in [2.75, 3.05) is 6.54 Å². The van der Waals surface area contributed by atoms with Gasteiger partial charge in [0.1, 0.15) is 6.42 Å². The van der Waals surface area contributed by atoms with Crippen LogP contribution >= 0.6 is 0 Å². The largest absolute Gasteiger partial charge is 0.481 e. The third kappa shape index (κ3) is 4.74. The topological polar surface area (TPSA) is 68.5 Å². The van der Waals surface area contributed by atoms with Crippen molar-refractivity contribution >= 4 is 11.9 Å². The van der Waals surface area contributed by atoms with E-state index in [1.165, 1.54) is 0 Å². The molecule has 0 spiro atoms. The SMILES string of the molecule is O=C(O)CC(=O)[N]CCC(c1ccccc1)c1ccccc1. The fraction of sp³-hybridized carbons (Fsp3) is 0.222. The van der Waals surface area contributed by atoms with E-state index < -0.39 is 18.3 Å². The standard InChI is InChI=1S/C18H18NO3/c20-17(13-18(21)22)19-12-11-16(14-7-3-1-4-8-14)15-9-5-2-6-10-15/h1-10,16H,11-13H2,(H,21,22). The van der Waals surface area contributed by atoms with Gasteiger partial charge in [-0.05, 0) is 17.5 Å².